The highest BCUT2D eigenvalue weighted by Crippen LogP contribution is 2.18. The summed E-state index contributed by atoms with van der Waals surface area (Å²) in [7, 11) is 0. The number of amides is 2. The molecule has 8 heteroatoms. The molecule has 8 nitrogen and oxygen atoms in total. The zero-order chi connectivity index (χ0) is 18.4. The molecule has 25 heavy (non-hydrogen) atoms. The van der Waals surface area contributed by atoms with Crippen LogP contribution in [0.25, 0.3) is 0 Å². The summed E-state index contributed by atoms with van der Waals surface area (Å²) in [4.78, 5) is 38.8. The highest BCUT2D eigenvalue weighted by atomic mass is 16.5. The molecule has 0 saturated heterocycles. The summed E-state index contributed by atoms with van der Waals surface area (Å²) in [6, 6.07) is 3.46. The van der Waals surface area contributed by atoms with E-state index >= 15 is 0 Å². The Morgan fingerprint density at radius 2 is 2.00 bits per heavy atom. The Hall–Kier alpha value is -3.03. The summed E-state index contributed by atoms with van der Waals surface area (Å²) < 4.78 is 10.1. The molecule has 2 aromatic rings. The van der Waals surface area contributed by atoms with Crippen LogP contribution in [0.3, 0.4) is 0 Å². The molecule has 0 atom stereocenters. The number of hydrogen-bond acceptors (Lipinski definition) is 5. The van der Waals surface area contributed by atoms with E-state index in [0.29, 0.717) is 22.6 Å². The van der Waals surface area contributed by atoms with Gasteiger partial charge in [-0.05, 0) is 38.5 Å². The molecule has 0 spiro atoms. The van der Waals surface area contributed by atoms with E-state index in [-0.39, 0.29) is 31.3 Å². The van der Waals surface area contributed by atoms with Gasteiger partial charge < -0.3 is 24.8 Å². The van der Waals surface area contributed by atoms with Crippen molar-refractivity contribution in [2.24, 2.45) is 0 Å². The third-order valence-corrected chi connectivity index (χ3v) is 3.59. The van der Waals surface area contributed by atoms with E-state index in [1.807, 2.05) is 0 Å². The fourth-order valence-electron chi connectivity index (χ4n) is 2.40. The van der Waals surface area contributed by atoms with Crippen molar-refractivity contribution in [2.45, 2.75) is 27.3 Å². The number of nitrogens with one attached hydrogen (secondary N) is 3. The fourth-order valence-corrected chi connectivity index (χ4v) is 2.40. The standard InChI is InChI=1S/C17H21N3O5/c1-4-24-17(23)14-10(2)15(20-11(14)3)16(22)19-9-13(21)18-8-12-6-5-7-25-12/h5-7,20H,4,8-9H2,1-3H3,(H,18,21)(H,19,22). The van der Waals surface area contributed by atoms with Crippen molar-refractivity contribution in [3.63, 3.8) is 0 Å². The molecule has 0 unspecified atom stereocenters. The Labute approximate surface area is 144 Å². The second kappa shape index (κ2) is 8.18. The van der Waals surface area contributed by atoms with Crippen molar-refractivity contribution in [2.75, 3.05) is 13.2 Å². The third-order valence-electron chi connectivity index (χ3n) is 3.59. The van der Waals surface area contributed by atoms with Crippen LogP contribution in [0, 0.1) is 13.8 Å². The third kappa shape index (κ3) is 4.50. The summed E-state index contributed by atoms with van der Waals surface area (Å²) in [6.07, 6.45) is 1.51. The highest BCUT2D eigenvalue weighted by Gasteiger charge is 2.23. The van der Waals surface area contributed by atoms with Crippen LogP contribution in [0.2, 0.25) is 0 Å². The zero-order valence-electron chi connectivity index (χ0n) is 14.4. The summed E-state index contributed by atoms with van der Waals surface area (Å²) >= 11 is 0. The molecule has 0 fully saturated rings. The van der Waals surface area contributed by atoms with E-state index in [4.69, 9.17) is 9.15 Å². The molecular formula is C17H21N3O5. The fraction of sp³-hybridized carbons (Fsp3) is 0.353. The van der Waals surface area contributed by atoms with Crippen molar-refractivity contribution in [3.05, 3.63) is 46.7 Å². The van der Waals surface area contributed by atoms with Crippen molar-refractivity contribution in [3.8, 4) is 0 Å². The minimum Gasteiger partial charge on any atom is -0.467 e. The van der Waals surface area contributed by atoms with Crippen LogP contribution in [-0.2, 0) is 16.1 Å². The predicted octanol–water partition coefficient (Wildman–Crippen LogP) is 1.45. The summed E-state index contributed by atoms with van der Waals surface area (Å²) in [5, 5.41) is 5.14. The molecule has 2 heterocycles. The van der Waals surface area contributed by atoms with Gasteiger partial charge in [0.2, 0.25) is 5.91 Å². The molecule has 0 aliphatic heterocycles. The van der Waals surface area contributed by atoms with E-state index in [2.05, 4.69) is 15.6 Å². The maximum absolute atomic E-state index is 12.3. The number of aromatic amines is 1. The number of carbonyl (C=O) groups is 3. The molecule has 0 saturated carbocycles. The number of carbonyl (C=O) groups excluding carboxylic acids is 3. The molecule has 0 aliphatic rings. The molecular weight excluding hydrogens is 326 g/mol. The Bertz CT molecular complexity index is 762. The quantitative estimate of drug-likeness (QED) is 0.656. The Balaban J connectivity index is 1.93. The number of furan rings is 1. The summed E-state index contributed by atoms with van der Waals surface area (Å²) in [5.74, 6) is -0.681. The number of aryl methyl sites for hydroxylation is 1. The molecule has 2 rings (SSSR count). The maximum atomic E-state index is 12.3. The second-order valence-electron chi connectivity index (χ2n) is 5.38. The monoisotopic (exact) mass is 347 g/mol. The summed E-state index contributed by atoms with van der Waals surface area (Å²) in [6.45, 7) is 5.36. The SMILES string of the molecule is CCOC(=O)c1c(C)[nH]c(C(=O)NCC(=O)NCc2ccco2)c1C. The van der Waals surface area contributed by atoms with Gasteiger partial charge in [-0.3, -0.25) is 9.59 Å². The molecule has 0 aromatic carbocycles. The van der Waals surface area contributed by atoms with Gasteiger partial charge in [-0.2, -0.15) is 0 Å². The van der Waals surface area contributed by atoms with Crippen molar-refractivity contribution in [1.29, 1.82) is 0 Å². The molecule has 0 radical (unpaired) electrons. The second-order valence-corrected chi connectivity index (χ2v) is 5.38. The smallest absolute Gasteiger partial charge is 0.340 e. The van der Waals surface area contributed by atoms with Crippen LogP contribution in [0.1, 0.15) is 44.8 Å². The number of aromatic nitrogens is 1. The van der Waals surface area contributed by atoms with E-state index in [0.717, 1.165) is 0 Å². The van der Waals surface area contributed by atoms with Gasteiger partial charge in [-0.1, -0.05) is 0 Å². The summed E-state index contributed by atoms with van der Waals surface area (Å²) in [5.41, 5.74) is 1.61. The predicted molar refractivity (Wildman–Crippen MR) is 89.1 cm³/mol. The van der Waals surface area contributed by atoms with Gasteiger partial charge >= 0.3 is 5.97 Å². The minimum absolute atomic E-state index is 0.189. The lowest BCUT2D eigenvalue weighted by Gasteiger charge is -2.06. The molecule has 3 N–H and O–H groups in total. The van der Waals surface area contributed by atoms with Gasteiger partial charge in [0.1, 0.15) is 11.5 Å². The lowest BCUT2D eigenvalue weighted by molar-refractivity contribution is -0.120. The highest BCUT2D eigenvalue weighted by molar-refractivity contribution is 6.01. The van der Waals surface area contributed by atoms with Crippen LogP contribution in [0.5, 0.6) is 0 Å². The van der Waals surface area contributed by atoms with Crippen LogP contribution in [0.4, 0.5) is 0 Å². The maximum Gasteiger partial charge on any atom is 0.340 e. The van der Waals surface area contributed by atoms with Gasteiger partial charge in [-0.25, -0.2) is 4.79 Å². The lowest BCUT2D eigenvalue weighted by atomic mass is 10.1. The van der Waals surface area contributed by atoms with Crippen molar-refractivity contribution >= 4 is 17.8 Å². The van der Waals surface area contributed by atoms with Gasteiger partial charge in [0.15, 0.2) is 0 Å². The van der Waals surface area contributed by atoms with Crippen molar-refractivity contribution < 1.29 is 23.5 Å². The molecule has 0 aliphatic carbocycles. The van der Waals surface area contributed by atoms with Crippen LogP contribution in [-0.4, -0.2) is 35.9 Å². The van der Waals surface area contributed by atoms with Crippen LogP contribution >= 0.6 is 0 Å². The molecule has 2 aromatic heterocycles. The Kier molecular flexibility index (Phi) is 5.99. The van der Waals surface area contributed by atoms with Crippen LogP contribution < -0.4 is 10.6 Å². The van der Waals surface area contributed by atoms with E-state index in [1.54, 1.807) is 32.9 Å². The first kappa shape index (κ1) is 18.3. The van der Waals surface area contributed by atoms with Gasteiger partial charge in [0.25, 0.3) is 5.91 Å². The zero-order valence-corrected chi connectivity index (χ0v) is 14.4. The lowest BCUT2D eigenvalue weighted by Crippen LogP contribution is -2.36. The molecule has 134 valence electrons. The van der Waals surface area contributed by atoms with Gasteiger partial charge in [-0.15, -0.1) is 0 Å². The van der Waals surface area contributed by atoms with Gasteiger partial charge in [0.05, 0.1) is 31.5 Å². The van der Waals surface area contributed by atoms with E-state index in [1.165, 1.54) is 6.26 Å². The topological polar surface area (TPSA) is 113 Å². The molecule has 0 bridgehead atoms. The minimum atomic E-state index is -0.482. The number of hydrogen-bond donors (Lipinski definition) is 3. The Morgan fingerprint density at radius 1 is 1.24 bits per heavy atom. The van der Waals surface area contributed by atoms with E-state index in [9.17, 15) is 14.4 Å². The number of esters is 1. The largest absolute Gasteiger partial charge is 0.467 e. The van der Waals surface area contributed by atoms with E-state index < -0.39 is 11.9 Å². The molecule has 2 amide bonds. The van der Waals surface area contributed by atoms with Crippen molar-refractivity contribution in [1.82, 2.24) is 15.6 Å². The Morgan fingerprint density at radius 3 is 2.64 bits per heavy atom. The first-order valence-electron chi connectivity index (χ1n) is 7.87. The first-order chi connectivity index (χ1) is 11.9. The average molecular weight is 347 g/mol. The van der Waals surface area contributed by atoms with Crippen LogP contribution in [0.15, 0.2) is 22.8 Å². The first-order valence-corrected chi connectivity index (χ1v) is 7.87. The van der Waals surface area contributed by atoms with Gasteiger partial charge in [0, 0.05) is 5.69 Å². The number of H-pyrrole nitrogens is 1. The normalized spacial score (nSPS) is 10.4. The number of ether oxygens (including phenoxy) is 1. The average Bonchev–Trinajstić information content (AvgIpc) is 3.18. The number of rotatable bonds is 7.